The Hall–Kier alpha value is -2.74. The van der Waals surface area contributed by atoms with Crippen molar-refractivity contribution < 1.29 is 19.5 Å². The van der Waals surface area contributed by atoms with Crippen LogP contribution in [-0.2, 0) is 9.59 Å². The van der Waals surface area contributed by atoms with Crippen molar-refractivity contribution in [2.75, 3.05) is 25.1 Å². The van der Waals surface area contributed by atoms with Crippen LogP contribution in [0.4, 0.5) is 5.69 Å². The van der Waals surface area contributed by atoms with Crippen molar-refractivity contribution in [3.63, 3.8) is 0 Å². The number of nitrogens with zero attached hydrogens (tertiary/aromatic N) is 3. The first-order valence-corrected chi connectivity index (χ1v) is 9.55. The van der Waals surface area contributed by atoms with Crippen LogP contribution in [0.15, 0.2) is 29.4 Å². The number of amides is 3. The van der Waals surface area contributed by atoms with E-state index in [-0.39, 0.29) is 24.2 Å². The molecular formula is C20H26N4O4. The van der Waals surface area contributed by atoms with Crippen LogP contribution in [0.2, 0.25) is 0 Å². The molecule has 0 aliphatic carbocycles. The van der Waals surface area contributed by atoms with Gasteiger partial charge in [-0.2, -0.15) is 10.1 Å². The highest BCUT2D eigenvalue weighted by Crippen LogP contribution is 2.29. The summed E-state index contributed by atoms with van der Waals surface area (Å²) in [6.07, 6.45) is 1.75. The maximum atomic E-state index is 13.0. The SMILES string of the molecule is CC[C@@]1(O)C(=O)N(c2cccc(C(=O)N3CCC[C@H](C(=O)NC)C3)c2)N=C1C. The fourth-order valence-corrected chi connectivity index (χ4v) is 3.72. The summed E-state index contributed by atoms with van der Waals surface area (Å²) in [5.74, 6) is -0.973. The summed E-state index contributed by atoms with van der Waals surface area (Å²) in [5, 5.41) is 18.5. The minimum Gasteiger partial charge on any atom is -0.374 e. The Labute approximate surface area is 164 Å². The van der Waals surface area contributed by atoms with Crippen LogP contribution in [0.1, 0.15) is 43.5 Å². The number of piperidine rings is 1. The van der Waals surface area contributed by atoms with Gasteiger partial charge in [-0.1, -0.05) is 13.0 Å². The Bertz CT molecular complexity index is 837. The Balaban J connectivity index is 1.81. The molecule has 28 heavy (non-hydrogen) atoms. The Morgan fingerprint density at radius 3 is 2.79 bits per heavy atom. The predicted octanol–water partition coefficient (Wildman–Crippen LogP) is 1.15. The highest BCUT2D eigenvalue weighted by Gasteiger charge is 2.46. The number of hydrogen-bond acceptors (Lipinski definition) is 5. The number of anilines is 1. The van der Waals surface area contributed by atoms with E-state index in [2.05, 4.69) is 10.4 Å². The van der Waals surface area contributed by atoms with Crippen molar-refractivity contribution in [2.24, 2.45) is 11.0 Å². The van der Waals surface area contributed by atoms with Gasteiger partial charge in [-0.25, -0.2) is 0 Å². The van der Waals surface area contributed by atoms with Crippen LogP contribution < -0.4 is 10.3 Å². The zero-order valence-electron chi connectivity index (χ0n) is 16.4. The molecule has 0 spiro atoms. The third-order valence-electron chi connectivity index (χ3n) is 5.57. The first-order chi connectivity index (χ1) is 13.3. The second-order valence-corrected chi connectivity index (χ2v) is 7.27. The summed E-state index contributed by atoms with van der Waals surface area (Å²) in [6, 6.07) is 6.64. The van der Waals surface area contributed by atoms with Gasteiger partial charge in [-0.05, 0) is 44.4 Å². The van der Waals surface area contributed by atoms with Crippen molar-refractivity contribution in [3.05, 3.63) is 29.8 Å². The maximum Gasteiger partial charge on any atom is 0.285 e. The first-order valence-electron chi connectivity index (χ1n) is 9.55. The topological polar surface area (TPSA) is 102 Å². The number of likely N-dealkylation sites (tertiary alicyclic amines) is 1. The molecule has 0 aromatic heterocycles. The molecule has 0 unspecified atom stereocenters. The second kappa shape index (κ2) is 7.71. The number of carbonyl (C=O) groups is 3. The van der Waals surface area contributed by atoms with Crippen molar-refractivity contribution in [3.8, 4) is 0 Å². The first kappa shape index (κ1) is 20.0. The molecule has 1 saturated heterocycles. The van der Waals surface area contributed by atoms with Crippen molar-refractivity contribution in [2.45, 2.75) is 38.7 Å². The van der Waals surface area contributed by atoms with E-state index in [1.165, 1.54) is 0 Å². The van der Waals surface area contributed by atoms with E-state index in [0.29, 0.717) is 30.1 Å². The fourth-order valence-electron chi connectivity index (χ4n) is 3.72. The second-order valence-electron chi connectivity index (χ2n) is 7.27. The van der Waals surface area contributed by atoms with Gasteiger partial charge >= 0.3 is 0 Å². The zero-order valence-corrected chi connectivity index (χ0v) is 16.4. The molecule has 2 aliphatic heterocycles. The molecule has 2 N–H and O–H groups in total. The van der Waals surface area contributed by atoms with Crippen LogP contribution in [-0.4, -0.2) is 59.2 Å². The van der Waals surface area contributed by atoms with E-state index >= 15 is 0 Å². The monoisotopic (exact) mass is 386 g/mol. The summed E-state index contributed by atoms with van der Waals surface area (Å²) in [6.45, 7) is 4.30. The lowest BCUT2D eigenvalue weighted by atomic mass is 9.95. The molecule has 0 saturated carbocycles. The highest BCUT2D eigenvalue weighted by molar-refractivity contribution is 6.21. The summed E-state index contributed by atoms with van der Waals surface area (Å²) in [5.41, 5.74) is -0.420. The van der Waals surface area contributed by atoms with Gasteiger partial charge in [0.1, 0.15) is 0 Å². The van der Waals surface area contributed by atoms with Gasteiger partial charge in [0.2, 0.25) is 5.91 Å². The minimum atomic E-state index is -1.60. The molecule has 8 nitrogen and oxygen atoms in total. The van der Waals surface area contributed by atoms with Gasteiger partial charge in [0.25, 0.3) is 11.8 Å². The molecule has 8 heteroatoms. The van der Waals surface area contributed by atoms with E-state index < -0.39 is 11.5 Å². The summed E-state index contributed by atoms with van der Waals surface area (Å²) in [4.78, 5) is 39.2. The number of benzene rings is 1. The average molecular weight is 386 g/mol. The molecule has 2 atom stereocenters. The number of hydrogen-bond donors (Lipinski definition) is 2. The number of aliphatic hydroxyl groups is 1. The molecule has 3 amide bonds. The molecule has 3 rings (SSSR count). The summed E-state index contributed by atoms with van der Waals surface area (Å²) in [7, 11) is 1.60. The van der Waals surface area contributed by atoms with Gasteiger partial charge in [0, 0.05) is 25.7 Å². The molecule has 2 heterocycles. The van der Waals surface area contributed by atoms with Gasteiger partial charge in [-0.15, -0.1) is 0 Å². The van der Waals surface area contributed by atoms with E-state index in [1.54, 1.807) is 50.1 Å². The van der Waals surface area contributed by atoms with E-state index in [1.807, 2.05) is 0 Å². The van der Waals surface area contributed by atoms with Gasteiger partial charge in [0.15, 0.2) is 5.60 Å². The molecule has 1 aromatic rings. The normalized spacial score (nSPS) is 24.9. The Kier molecular flexibility index (Phi) is 5.51. The highest BCUT2D eigenvalue weighted by atomic mass is 16.3. The van der Waals surface area contributed by atoms with Gasteiger partial charge < -0.3 is 15.3 Å². The van der Waals surface area contributed by atoms with Crippen LogP contribution in [0.25, 0.3) is 0 Å². The number of nitrogens with one attached hydrogen (secondary N) is 1. The third-order valence-corrected chi connectivity index (χ3v) is 5.57. The van der Waals surface area contributed by atoms with E-state index in [0.717, 1.165) is 17.9 Å². The molecule has 0 radical (unpaired) electrons. The molecular weight excluding hydrogens is 360 g/mol. The average Bonchev–Trinajstić information content (AvgIpc) is 2.97. The number of hydrazone groups is 1. The lowest BCUT2D eigenvalue weighted by Crippen LogP contribution is -2.45. The van der Waals surface area contributed by atoms with Gasteiger partial charge in [-0.3, -0.25) is 14.4 Å². The molecule has 1 aromatic carbocycles. The molecule has 2 aliphatic rings. The lowest BCUT2D eigenvalue weighted by molar-refractivity contribution is -0.129. The number of rotatable bonds is 4. The van der Waals surface area contributed by atoms with Gasteiger partial charge in [0.05, 0.1) is 17.3 Å². The smallest absolute Gasteiger partial charge is 0.285 e. The summed E-state index contributed by atoms with van der Waals surface area (Å²) >= 11 is 0. The summed E-state index contributed by atoms with van der Waals surface area (Å²) < 4.78 is 0. The Morgan fingerprint density at radius 2 is 2.14 bits per heavy atom. The van der Waals surface area contributed by atoms with Crippen LogP contribution in [0, 0.1) is 5.92 Å². The largest absolute Gasteiger partial charge is 0.374 e. The maximum absolute atomic E-state index is 13.0. The molecule has 0 bridgehead atoms. The van der Waals surface area contributed by atoms with E-state index in [4.69, 9.17) is 0 Å². The van der Waals surface area contributed by atoms with Crippen LogP contribution in [0.3, 0.4) is 0 Å². The standard InChI is InChI=1S/C20H26N4O4/c1-4-20(28)13(2)22-24(19(20)27)16-9-5-7-14(11-16)18(26)23-10-6-8-15(12-23)17(25)21-3/h5,7,9,11,15,28H,4,6,8,10,12H2,1-3H3,(H,21,25)/t15-,20-/m0/s1. The fraction of sp³-hybridized carbons (Fsp3) is 0.500. The Morgan fingerprint density at radius 1 is 1.39 bits per heavy atom. The molecule has 1 fully saturated rings. The van der Waals surface area contributed by atoms with Crippen molar-refractivity contribution in [1.29, 1.82) is 0 Å². The minimum absolute atomic E-state index is 0.0578. The third kappa shape index (κ3) is 3.40. The van der Waals surface area contributed by atoms with Crippen molar-refractivity contribution in [1.82, 2.24) is 10.2 Å². The molecule has 150 valence electrons. The van der Waals surface area contributed by atoms with Crippen LogP contribution >= 0.6 is 0 Å². The van der Waals surface area contributed by atoms with Crippen molar-refractivity contribution >= 4 is 29.1 Å². The zero-order chi connectivity index (χ0) is 20.5. The van der Waals surface area contributed by atoms with Crippen LogP contribution in [0.5, 0.6) is 0 Å². The lowest BCUT2D eigenvalue weighted by Gasteiger charge is -2.32. The predicted molar refractivity (Wildman–Crippen MR) is 105 cm³/mol. The number of carbonyl (C=O) groups excluding carboxylic acids is 3. The quantitative estimate of drug-likeness (QED) is 0.810. The van der Waals surface area contributed by atoms with E-state index in [9.17, 15) is 19.5 Å².